The molecule has 0 aromatic heterocycles. The van der Waals surface area contributed by atoms with Crippen LogP contribution in [-0.4, -0.2) is 45.3 Å². The lowest BCUT2D eigenvalue weighted by Gasteiger charge is -2.44. The Morgan fingerprint density at radius 2 is 1.57 bits per heavy atom. The van der Waals surface area contributed by atoms with Gasteiger partial charge in [0.25, 0.3) is 5.60 Å². The van der Waals surface area contributed by atoms with Gasteiger partial charge in [0, 0.05) is 11.5 Å². The summed E-state index contributed by atoms with van der Waals surface area (Å²) >= 11 is 0. The number of alkyl halides is 6. The number of aliphatic hydroxyl groups excluding tert-OH is 1. The predicted octanol–water partition coefficient (Wildman–Crippen LogP) is 2.65. The van der Waals surface area contributed by atoms with Gasteiger partial charge >= 0.3 is 18.3 Å². The van der Waals surface area contributed by atoms with E-state index in [9.17, 15) is 41.4 Å². The molecule has 0 amide bonds. The first-order chi connectivity index (χ1) is 10.2. The van der Waals surface area contributed by atoms with Crippen molar-refractivity contribution in [1.82, 2.24) is 0 Å². The van der Waals surface area contributed by atoms with Gasteiger partial charge in [-0.3, -0.25) is 0 Å². The molecule has 0 bridgehead atoms. The first-order valence-electron chi connectivity index (χ1n) is 6.66. The van der Waals surface area contributed by atoms with Crippen molar-refractivity contribution in [2.45, 2.75) is 49.7 Å². The van der Waals surface area contributed by atoms with E-state index in [1.54, 1.807) is 0 Å². The Hall–Kier alpha value is -1.29. The molecule has 134 valence electrons. The van der Waals surface area contributed by atoms with Crippen molar-refractivity contribution in [3.05, 3.63) is 12.2 Å². The Morgan fingerprint density at radius 1 is 1.09 bits per heavy atom. The van der Waals surface area contributed by atoms with E-state index in [1.807, 2.05) is 0 Å². The molecule has 3 unspecified atom stereocenters. The molecular formula is C13H16F6O4. The van der Waals surface area contributed by atoms with Crippen LogP contribution in [0.4, 0.5) is 26.3 Å². The summed E-state index contributed by atoms with van der Waals surface area (Å²) < 4.78 is 76.8. The number of aliphatic hydroxyl groups is 2. The quantitative estimate of drug-likeness (QED) is 0.538. The summed E-state index contributed by atoms with van der Waals surface area (Å²) in [5, 5.41) is 27.7. The number of rotatable bonds is 4. The Morgan fingerprint density at radius 3 is 1.91 bits per heavy atom. The fourth-order valence-corrected chi connectivity index (χ4v) is 2.92. The summed E-state index contributed by atoms with van der Waals surface area (Å²) in [6.07, 6.45) is -15.6. The molecule has 0 radical (unpaired) electrons. The molecule has 1 fully saturated rings. The second kappa shape index (κ2) is 6.31. The van der Waals surface area contributed by atoms with Gasteiger partial charge in [-0.25, -0.2) is 4.79 Å². The second-order valence-electron chi connectivity index (χ2n) is 5.73. The van der Waals surface area contributed by atoms with Gasteiger partial charge in [0.15, 0.2) is 0 Å². The van der Waals surface area contributed by atoms with Crippen LogP contribution in [0.1, 0.15) is 25.7 Å². The minimum atomic E-state index is -5.99. The average molecular weight is 350 g/mol. The summed E-state index contributed by atoms with van der Waals surface area (Å²) in [4.78, 5) is 10.6. The van der Waals surface area contributed by atoms with Crippen molar-refractivity contribution in [2.24, 2.45) is 11.8 Å². The van der Waals surface area contributed by atoms with Crippen molar-refractivity contribution in [1.29, 1.82) is 0 Å². The third-order valence-electron chi connectivity index (χ3n) is 4.16. The van der Waals surface area contributed by atoms with Crippen LogP contribution in [0.25, 0.3) is 0 Å². The molecule has 23 heavy (non-hydrogen) atoms. The highest BCUT2D eigenvalue weighted by Gasteiger charge is 2.74. The van der Waals surface area contributed by atoms with Gasteiger partial charge in [-0.2, -0.15) is 26.3 Å². The zero-order valence-electron chi connectivity index (χ0n) is 11.8. The number of carboxylic acids is 1. The standard InChI is InChI=1S/C13H16F6O4/c1-6(10(21)22)4-7-2-3-8(9(20)5-7)11(23,12(14,15)16)13(17,18)19/h7-9,20,23H,1-5H2,(H,21,22). The fraction of sp³-hybridized carbons (Fsp3) is 0.769. The van der Waals surface area contributed by atoms with Crippen LogP contribution in [0.15, 0.2) is 12.2 Å². The molecule has 1 aliphatic rings. The van der Waals surface area contributed by atoms with Crippen LogP contribution in [0.2, 0.25) is 0 Å². The SMILES string of the molecule is C=C(CC1CCC(C(O)(C(F)(F)F)C(F)(F)F)C(O)C1)C(=O)O. The van der Waals surface area contributed by atoms with Gasteiger partial charge in [-0.1, -0.05) is 6.58 Å². The highest BCUT2D eigenvalue weighted by molar-refractivity contribution is 5.85. The molecule has 0 spiro atoms. The minimum Gasteiger partial charge on any atom is -0.478 e. The van der Waals surface area contributed by atoms with Gasteiger partial charge in [-0.05, 0) is 31.6 Å². The van der Waals surface area contributed by atoms with E-state index in [1.165, 1.54) is 0 Å². The first kappa shape index (κ1) is 19.8. The molecule has 0 aliphatic heterocycles. The Balaban J connectivity index is 2.96. The van der Waals surface area contributed by atoms with Gasteiger partial charge in [-0.15, -0.1) is 0 Å². The monoisotopic (exact) mass is 350 g/mol. The van der Waals surface area contributed by atoms with E-state index in [0.717, 1.165) is 0 Å². The number of hydrogen-bond donors (Lipinski definition) is 3. The van der Waals surface area contributed by atoms with Crippen LogP contribution in [-0.2, 0) is 4.79 Å². The summed E-state index contributed by atoms with van der Waals surface area (Å²) in [6, 6.07) is 0. The smallest absolute Gasteiger partial charge is 0.426 e. The molecule has 4 nitrogen and oxygen atoms in total. The van der Waals surface area contributed by atoms with Crippen molar-refractivity contribution >= 4 is 5.97 Å². The minimum absolute atomic E-state index is 0.157. The van der Waals surface area contributed by atoms with Crippen LogP contribution in [0, 0.1) is 11.8 Å². The van der Waals surface area contributed by atoms with Crippen molar-refractivity contribution in [3.8, 4) is 0 Å². The molecule has 0 saturated heterocycles. The number of aliphatic carboxylic acids is 1. The fourth-order valence-electron chi connectivity index (χ4n) is 2.92. The Kier molecular flexibility index (Phi) is 5.42. The predicted molar refractivity (Wildman–Crippen MR) is 65.3 cm³/mol. The maximum atomic E-state index is 12.8. The molecule has 3 atom stereocenters. The van der Waals surface area contributed by atoms with E-state index >= 15 is 0 Å². The normalized spacial score (nSPS) is 26.9. The van der Waals surface area contributed by atoms with Gasteiger partial charge in [0.2, 0.25) is 0 Å². The summed E-state index contributed by atoms with van der Waals surface area (Å²) in [5.41, 5.74) is -5.25. The largest absolute Gasteiger partial charge is 0.478 e. The number of hydrogen-bond acceptors (Lipinski definition) is 3. The maximum Gasteiger partial charge on any atom is 0.426 e. The van der Waals surface area contributed by atoms with E-state index < -0.39 is 54.7 Å². The van der Waals surface area contributed by atoms with Gasteiger partial charge in [0.05, 0.1) is 6.10 Å². The van der Waals surface area contributed by atoms with E-state index in [4.69, 9.17) is 5.11 Å². The van der Waals surface area contributed by atoms with E-state index in [0.29, 0.717) is 0 Å². The Bertz CT molecular complexity index is 456. The van der Waals surface area contributed by atoms with Crippen molar-refractivity contribution < 1.29 is 46.5 Å². The zero-order chi connectivity index (χ0) is 18.2. The molecule has 0 aromatic rings. The number of carbonyl (C=O) groups is 1. The third-order valence-corrected chi connectivity index (χ3v) is 4.16. The second-order valence-corrected chi connectivity index (χ2v) is 5.73. The molecule has 0 aromatic carbocycles. The number of halogens is 6. The summed E-state index contributed by atoms with van der Waals surface area (Å²) in [7, 11) is 0. The maximum absolute atomic E-state index is 12.8. The highest BCUT2D eigenvalue weighted by Crippen LogP contribution is 2.52. The Labute approximate surface area is 127 Å². The van der Waals surface area contributed by atoms with Crippen LogP contribution in [0.5, 0.6) is 0 Å². The van der Waals surface area contributed by atoms with Crippen molar-refractivity contribution in [3.63, 3.8) is 0 Å². The lowest BCUT2D eigenvalue weighted by molar-refractivity contribution is -0.393. The van der Waals surface area contributed by atoms with Gasteiger partial charge in [0.1, 0.15) is 0 Å². The van der Waals surface area contributed by atoms with Gasteiger partial charge < -0.3 is 15.3 Å². The number of carboxylic acid groups (broad SMARTS) is 1. The van der Waals surface area contributed by atoms with Crippen LogP contribution >= 0.6 is 0 Å². The van der Waals surface area contributed by atoms with E-state index in [2.05, 4.69) is 6.58 Å². The molecule has 1 rings (SSSR count). The first-order valence-corrected chi connectivity index (χ1v) is 6.66. The molecule has 1 aliphatic carbocycles. The lowest BCUT2D eigenvalue weighted by Crippen LogP contribution is -2.65. The summed E-state index contributed by atoms with van der Waals surface area (Å²) in [5.74, 6) is -4.41. The molecule has 10 heteroatoms. The summed E-state index contributed by atoms with van der Waals surface area (Å²) in [6.45, 7) is 3.23. The van der Waals surface area contributed by atoms with Crippen LogP contribution in [0.3, 0.4) is 0 Å². The van der Waals surface area contributed by atoms with E-state index in [-0.39, 0.29) is 18.4 Å². The molecule has 0 heterocycles. The average Bonchev–Trinajstić information content (AvgIpc) is 2.35. The highest BCUT2D eigenvalue weighted by atomic mass is 19.4. The third kappa shape index (κ3) is 3.79. The zero-order valence-corrected chi connectivity index (χ0v) is 11.8. The van der Waals surface area contributed by atoms with Crippen molar-refractivity contribution in [2.75, 3.05) is 0 Å². The lowest BCUT2D eigenvalue weighted by atomic mass is 9.69. The molecular weight excluding hydrogens is 334 g/mol. The molecule has 1 saturated carbocycles. The molecule has 3 N–H and O–H groups in total. The van der Waals surface area contributed by atoms with Crippen LogP contribution < -0.4 is 0 Å². The topological polar surface area (TPSA) is 77.8 Å².